The minimum atomic E-state index is -1.05. The third-order valence-corrected chi connectivity index (χ3v) is 19.9. The van der Waals surface area contributed by atoms with Crippen molar-refractivity contribution in [1.29, 1.82) is 0 Å². The average molecular weight is 1020 g/mol. The van der Waals surface area contributed by atoms with Crippen molar-refractivity contribution in [2.24, 2.45) is 5.92 Å². The number of hydrogen-bond acceptors (Lipinski definition) is 16. The zero-order valence-corrected chi connectivity index (χ0v) is 43.3. The molecular weight excluding hydrogens is 945 g/mol. The van der Waals surface area contributed by atoms with Crippen LogP contribution < -0.4 is 25.8 Å². The largest absolute Gasteiger partial charge is 0.369 e. The van der Waals surface area contributed by atoms with Crippen molar-refractivity contribution < 1.29 is 28.2 Å². The molecule has 9 aliphatic rings. The molecule has 3 amide bonds. The van der Waals surface area contributed by atoms with Gasteiger partial charge in [-0.25, -0.2) is 19.7 Å². The molecule has 3 N–H and O–H groups in total. The van der Waals surface area contributed by atoms with Crippen LogP contribution in [-0.2, 0) is 43.0 Å². The van der Waals surface area contributed by atoms with Crippen LogP contribution in [0.25, 0.3) is 0 Å². The van der Waals surface area contributed by atoms with Crippen LogP contribution in [0.15, 0.2) is 35.5 Å². The predicted molar refractivity (Wildman–Crippen MR) is 275 cm³/mol. The highest BCUT2D eigenvalue weighted by Crippen LogP contribution is 2.42. The second kappa shape index (κ2) is 20.2. The van der Waals surface area contributed by atoms with E-state index >= 15 is 0 Å². The number of aromatic nitrogens is 4. The molecule has 0 radical (unpaired) electrons. The Morgan fingerprint density at radius 1 is 0.822 bits per heavy atom. The number of nitrogens with one attached hydrogen (secondary N) is 3. The molecule has 0 bridgehead atoms. The van der Waals surface area contributed by atoms with E-state index in [1.54, 1.807) is 4.90 Å². The highest BCUT2D eigenvalue weighted by molar-refractivity contribution is 7.85. The first-order valence-electron chi connectivity index (χ1n) is 27.6. The highest BCUT2D eigenvalue weighted by Gasteiger charge is 2.58. The van der Waals surface area contributed by atoms with Crippen molar-refractivity contribution in [2.45, 2.75) is 163 Å². The maximum absolute atomic E-state index is 13.2. The normalized spacial score (nSPS) is 27.6. The lowest BCUT2D eigenvalue weighted by molar-refractivity contribution is -0.294. The number of anilines is 3. The molecule has 18 nitrogen and oxygen atoms in total. The summed E-state index contributed by atoms with van der Waals surface area (Å²) in [4.78, 5) is 85.4. The summed E-state index contributed by atoms with van der Waals surface area (Å²) in [5.74, 6) is 3.65. The smallest absolute Gasteiger partial charge is 0.349 e. The number of rotatable bonds is 14. The van der Waals surface area contributed by atoms with Gasteiger partial charge in [0.2, 0.25) is 17.8 Å². The summed E-state index contributed by atoms with van der Waals surface area (Å²) in [5, 5.41) is 11.8. The number of aryl methyl sites for hydroxylation is 1. The van der Waals surface area contributed by atoms with Gasteiger partial charge in [0.1, 0.15) is 22.6 Å². The molecule has 1 spiro atoms. The van der Waals surface area contributed by atoms with Crippen molar-refractivity contribution in [3.8, 4) is 0 Å². The van der Waals surface area contributed by atoms with Crippen LogP contribution >= 0.6 is 0 Å². The van der Waals surface area contributed by atoms with Gasteiger partial charge in [-0.3, -0.25) is 23.9 Å². The third-order valence-electron chi connectivity index (χ3n) is 18.4. The lowest BCUT2D eigenvalue weighted by Crippen LogP contribution is -2.70. The van der Waals surface area contributed by atoms with E-state index in [1.165, 1.54) is 44.1 Å². The minimum Gasteiger partial charge on any atom is -0.369 e. The van der Waals surface area contributed by atoms with Gasteiger partial charge in [0, 0.05) is 87.5 Å². The fraction of sp³-hybridized carbons (Fsp3) is 0.667. The van der Waals surface area contributed by atoms with Gasteiger partial charge in [-0.1, -0.05) is 12.1 Å². The Hall–Kier alpha value is -5.11. The van der Waals surface area contributed by atoms with Crippen molar-refractivity contribution in [2.75, 3.05) is 79.8 Å². The van der Waals surface area contributed by atoms with E-state index in [2.05, 4.69) is 49.7 Å². The van der Waals surface area contributed by atoms with E-state index < -0.39 is 22.4 Å². The Morgan fingerprint density at radius 3 is 2.29 bits per heavy atom. The van der Waals surface area contributed by atoms with Gasteiger partial charge >= 0.3 is 5.97 Å². The van der Waals surface area contributed by atoms with Gasteiger partial charge in [0.15, 0.2) is 5.54 Å². The van der Waals surface area contributed by atoms with Crippen molar-refractivity contribution >= 4 is 51.9 Å². The van der Waals surface area contributed by atoms with Crippen LogP contribution in [-0.4, -0.2) is 151 Å². The Bertz CT molecular complexity index is 2620. The number of piperidine rings is 4. The van der Waals surface area contributed by atoms with E-state index in [4.69, 9.17) is 24.8 Å². The molecule has 12 rings (SSSR count). The van der Waals surface area contributed by atoms with Crippen LogP contribution in [0.4, 0.5) is 17.5 Å². The summed E-state index contributed by atoms with van der Waals surface area (Å²) in [6.45, 7) is 10.6. The molecule has 2 aliphatic carbocycles. The lowest BCUT2D eigenvalue weighted by Gasteiger charge is -2.52. The third kappa shape index (κ3) is 9.76. The standard InChI is InChI=1S/C54H72N12O6S/c1-53(17-2-18-53)61-48-46-43(16-30-73(46)71)58-52(60-48)64-25-14-37(15-26-64)47-56-32-41(33-57-47)63-27-19-54(20-28-63)51(70)72-66(54)29-21-55-40-6-3-35(4-7-40)11-22-62-23-12-36(13-24-62)38-5-8-42-39(31-38)34-65(50(42)69)44-9-10-45(67)59-49(44)68/h5,8,31-33,35-37,40,44,55H,2-4,6-7,9-30,34H2,1H3,(H,58,60,61)(H,59,67,68). The van der Waals surface area contributed by atoms with Crippen LogP contribution in [0.5, 0.6) is 0 Å². The van der Waals surface area contributed by atoms with Crippen LogP contribution in [0.2, 0.25) is 0 Å². The molecule has 3 aromatic rings. The Morgan fingerprint density at radius 2 is 1.58 bits per heavy atom. The first-order chi connectivity index (χ1) is 35.5. The van der Waals surface area contributed by atoms with Crippen molar-refractivity contribution in [3.05, 3.63) is 58.8 Å². The zero-order chi connectivity index (χ0) is 49.8. The number of carbonyl (C=O) groups is 4. The van der Waals surface area contributed by atoms with Crippen LogP contribution in [0, 0.1) is 5.92 Å². The summed E-state index contributed by atoms with van der Waals surface area (Å²) in [6.07, 6.45) is 20.3. The van der Waals surface area contributed by atoms with E-state index in [0.717, 1.165) is 155 Å². The summed E-state index contributed by atoms with van der Waals surface area (Å²) in [6, 6.07) is 6.16. The SMILES string of the molecule is CC1(Nc2nc(N3CCC(c4ncc(N5CCC6(CC5)C(=O)ON6CCNC5CCC(CCN6CCC(c7ccc8c(c7)CN(C7CCC(=O)NC7=O)C8=O)CC6)CC5)cn4)CC3)nc3c2S(=O)CC3)CCC1. The van der Waals surface area contributed by atoms with Gasteiger partial charge < -0.3 is 35.1 Å². The van der Waals surface area contributed by atoms with Crippen LogP contribution in [0.3, 0.4) is 0 Å². The number of imide groups is 1. The summed E-state index contributed by atoms with van der Waals surface area (Å²) >= 11 is 0. The molecule has 390 valence electrons. The van der Waals surface area contributed by atoms with Crippen molar-refractivity contribution in [1.82, 2.24) is 45.4 Å². The number of carbonyl (C=O) groups excluding carboxylic acids is 4. The molecule has 7 fully saturated rings. The lowest BCUT2D eigenvalue weighted by atomic mass is 9.78. The fourth-order valence-corrected chi connectivity index (χ4v) is 14.8. The summed E-state index contributed by atoms with van der Waals surface area (Å²) < 4.78 is 12.9. The average Bonchev–Trinajstić information content (AvgIpc) is 3.95. The predicted octanol–water partition coefficient (Wildman–Crippen LogP) is 4.96. The molecule has 9 heterocycles. The monoisotopic (exact) mass is 1020 g/mol. The number of nitrogens with zero attached hydrogens (tertiary/aromatic N) is 9. The quantitative estimate of drug-likeness (QED) is 0.183. The Kier molecular flexibility index (Phi) is 13.5. The molecule has 2 aromatic heterocycles. The number of hydroxylamine groups is 2. The highest BCUT2D eigenvalue weighted by atomic mass is 32.2. The molecule has 2 unspecified atom stereocenters. The first kappa shape index (κ1) is 48.8. The fourth-order valence-electron chi connectivity index (χ4n) is 13.5. The van der Waals surface area contributed by atoms with E-state index in [1.807, 2.05) is 23.5 Å². The summed E-state index contributed by atoms with van der Waals surface area (Å²) in [5.41, 5.74) is 4.36. The number of hydrogen-bond donors (Lipinski definition) is 3. The minimum absolute atomic E-state index is 0.0149. The molecule has 2 atom stereocenters. The Labute approximate surface area is 431 Å². The molecule has 5 saturated heterocycles. The van der Waals surface area contributed by atoms with E-state index in [9.17, 15) is 23.4 Å². The van der Waals surface area contributed by atoms with Gasteiger partial charge in [-0.05, 0) is 152 Å². The second-order valence-corrected chi connectivity index (χ2v) is 24.4. The maximum Gasteiger partial charge on any atom is 0.349 e. The molecule has 7 aliphatic heterocycles. The number of fused-ring (bicyclic) bond motifs is 2. The van der Waals surface area contributed by atoms with E-state index in [-0.39, 0.29) is 41.6 Å². The topological polar surface area (TPSA) is 198 Å². The zero-order valence-electron chi connectivity index (χ0n) is 42.5. The second-order valence-electron chi connectivity index (χ2n) is 22.9. The number of benzene rings is 1. The van der Waals surface area contributed by atoms with Gasteiger partial charge in [0.25, 0.3) is 5.91 Å². The molecule has 1 aromatic carbocycles. The van der Waals surface area contributed by atoms with Gasteiger partial charge in [0.05, 0.1) is 34.6 Å². The maximum atomic E-state index is 13.2. The molecular formula is C54H72N12O6S. The van der Waals surface area contributed by atoms with Crippen molar-refractivity contribution in [3.63, 3.8) is 0 Å². The van der Waals surface area contributed by atoms with E-state index in [0.29, 0.717) is 42.8 Å². The summed E-state index contributed by atoms with van der Waals surface area (Å²) in [7, 11) is -1.05. The molecule has 73 heavy (non-hydrogen) atoms. The molecule has 2 saturated carbocycles. The first-order valence-corrected chi connectivity index (χ1v) is 28.9. The van der Waals surface area contributed by atoms with Crippen LogP contribution in [0.1, 0.15) is 154 Å². The Balaban J connectivity index is 0.540. The number of amides is 3. The van der Waals surface area contributed by atoms with Gasteiger partial charge in [-0.2, -0.15) is 4.98 Å². The van der Waals surface area contributed by atoms with Gasteiger partial charge in [-0.15, -0.1) is 5.06 Å². The molecule has 19 heteroatoms. The number of likely N-dealkylation sites (tertiary alicyclic amines) is 1.